The van der Waals surface area contributed by atoms with Gasteiger partial charge in [-0.1, -0.05) is 0 Å². The molecule has 10 heteroatoms. The summed E-state index contributed by atoms with van der Waals surface area (Å²) in [4.78, 5) is 38.4. The van der Waals surface area contributed by atoms with Gasteiger partial charge in [-0.2, -0.15) is 0 Å². The van der Waals surface area contributed by atoms with Gasteiger partial charge in [-0.15, -0.1) is 0 Å². The van der Waals surface area contributed by atoms with Crippen molar-refractivity contribution in [3.63, 3.8) is 0 Å². The number of rotatable bonds is 4. The number of halogens is 3. The topological polar surface area (TPSA) is 86.6 Å². The van der Waals surface area contributed by atoms with Crippen molar-refractivity contribution in [3.8, 4) is 5.75 Å². The molecule has 0 bridgehead atoms. The third-order valence-electron chi connectivity index (χ3n) is 5.61. The average Bonchev–Trinajstić information content (AvgIpc) is 2.73. The van der Waals surface area contributed by atoms with Gasteiger partial charge in [0, 0.05) is 43.6 Å². The van der Waals surface area contributed by atoms with Gasteiger partial charge >= 0.3 is 0 Å². The van der Waals surface area contributed by atoms with Crippen LogP contribution in [-0.4, -0.2) is 36.1 Å². The van der Waals surface area contributed by atoms with Crippen LogP contribution in [0.1, 0.15) is 39.3 Å². The SMILES string of the molecule is COc1c2n(cc(C(=O)NCc3c(F)cc(F)cc3F)c1=O)CC1OCCCC1C2=O. The predicted molar refractivity (Wildman–Crippen MR) is 102 cm³/mol. The summed E-state index contributed by atoms with van der Waals surface area (Å²) in [5, 5.41) is 2.26. The molecule has 164 valence electrons. The molecule has 1 N–H and O–H groups in total. The van der Waals surface area contributed by atoms with Crippen molar-refractivity contribution in [1.29, 1.82) is 0 Å². The number of carbonyl (C=O) groups is 2. The molecule has 3 heterocycles. The molecule has 1 saturated heterocycles. The van der Waals surface area contributed by atoms with E-state index in [0.29, 0.717) is 25.2 Å². The lowest BCUT2D eigenvalue weighted by atomic mass is 9.85. The summed E-state index contributed by atoms with van der Waals surface area (Å²) in [6, 6.07) is 0.987. The summed E-state index contributed by atoms with van der Waals surface area (Å²) in [5.74, 6) is -5.26. The number of ketones is 1. The maximum Gasteiger partial charge on any atom is 0.257 e. The van der Waals surface area contributed by atoms with Gasteiger partial charge in [-0.3, -0.25) is 14.4 Å². The van der Waals surface area contributed by atoms with Crippen LogP contribution in [-0.2, 0) is 17.8 Å². The lowest BCUT2D eigenvalue weighted by Crippen LogP contribution is -2.45. The van der Waals surface area contributed by atoms with E-state index in [1.165, 1.54) is 17.9 Å². The van der Waals surface area contributed by atoms with Crippen LogP contribution < -0.4 is 15.5 Å². The van der Waals surface area contributed by atoms with Crippen LogP contribution >= 0.6 is 0 Å². The summed E-state index contributed by atoms with van der Waals surface area (Å²) in [7, 11) is 1.22. The summed E-state index contributed by atoms with van der Waals surface area (Å²) < 4.78 is 53.0. The van der Waals surface area contributed by atoms with Gasteiger partial charge < -0.3 is 19.4 Å². The fourth-order valence-corrected chi connectivity index (χ4v) is 4.08. The highest BCUT2D eigenvalue weighted by Crippen LogP contribution is 2.33. The molecule has 2 atom stereocenters. The van der Waals surface area contributed by atoms with E-state index in [4.69, 9.17) is 9.47 Å². The second kappa shape index (κ2) is 8.18. The van der Waals surface area contributed by atoms with E-state index in [1.807, 2.05) is 0 Å². The smallest absolute Gasteiger partial charge is 0.257 e. The first-order chi connectivity index (χ1) is 14.8. The van der Waals surface area contributed by atoms with Crippen LogP contribution in [0.25, 0.3) is 0 Å². The second-order valence-electron chi connectivity index (χ2n) is 7.46. The first-order valence-electron chi connectivity index (χ1n) is 9.70. The minimum atomic E-state index is -1.16. The van der Waals surface area contributed by atoms with E-state index < -0.39 is 40.9 Å². The lowest BCUT2D eigenvalue weighted by molar-refractivity contribution is -0.0337. The Morgan fingerprint density at radius 2 is 1.97 bits per heavy atom. The molecule has 2 unspecified atom stereocenters. The van der Waals surface area contributed by atoms with E-state index in [-0.39, 0.29) is 41.4 Å². The minimum Gasteiger partial charge on any atom is -0.491 e. The first-order valence-corrected chi connectivity index (χ1v) is 9.70. The number of carbonyl (C=O) groups excluding carboxylic acids is 2. The Kier molecular flexibility index (Phi) is 5.57. The predicted octanol–water partition coefficient (Wildman–Crippen LogP) is 2.20. The number of benzene rings is 1. The van der Waals surface area contributed by atoms with Gasteiger partial charge in [-0.05, 0) is 12.8 Å². The fraction of sp³-hybridized carbons (Fsp3) is 0.381. The molecule has 0 radical (unpaired) electrons. The molecule has 1 aromatic heterocycles. The average molecular weight is 436 g/mol. The van der Waals surface area contributed by atoms with Crippen molar-refractivity contribution < 1.29 is 32.2 Å². The van der Waals surface area contributed by atoms with Gasteiger partial charge in [0.25, 0.3) is 5.91 Å². The molecule has 1 amide bonds. The maximum atomic E-state index is 13.8. The summed E-state index contributed by atoms with van der Waals surface area (Å²) >= 11 is 0. The summed E-state index contributed by atoms with van der Waals surface area (Å²) in [6.45, 7) is 0.167. The van der Waals surface area contributed by atoms with Gasteiger partial charge in [0.2, 0.25) is 5.43 Å². The molecule has 0 saturated carbocycles. The summed E-state index contributed by atoms with van der Waals surface area (Å²) in [5.41, 5.74) is -1.64. The Balaban J connectivity index is 1.66. The van der Waals surface area contributed by atoms with E-state index >= 15 is 0 Å². The number of Topliss-reactive ketones (excluding diaryl/α,β-unsaturated/α-hetero) is 1. The quantitative estimate of drug-likeness (QED) is 0.794. The second-order valence-corrected chi connectivity index (χ2v) is 7.46. The van der Waals surface area contributed by atoms with Crippen molar-refractivity contribution in [2.45, 2.75) is 32.0 Å². The number of hydrogen-bond donors (Lipinski definition) is 1. The largest absolute Gasteiger partial charge is 0.491 e. The molecule has 31 heavy (non-hydrogen) atoms. The molecule has 2 aromatic rings. The van der Waals surface area contributed by atoms with Crippen LogP contribution in [0.15, 0.2) is 23.1 Å². The van der Waals surface area contributed by atoms with Crippen LogP contribution in [0.3, 0.4) is 0 Å². The third kappa shape index (κ3) is 3.71. The Bertz CT molecular complexity index is 1110. The van der Waals surface area contributed by atoms with Gasteiger partial charge in [0.1, 0.15) is 28.7 Å². The highest BCUT2D eigenvalue weighted by Gasteiger charge is 2.41. The number of amides is 1. The number of nitrogens with one attached hydrogen (secondary N) is 1. The van der Waals surface area contributed by atoms with Gasteiger partial charge in [0.15, 0.2) is 11.5 Å². The number of nitrogens with zero attached hydrogens (tertiary/aromatic N) is 1. The van der Waals surface area contributed by atoms with Crippen LogP contribution in [0.4, 0.5) is 13.2 Å². The number of hydrogen-bond acceptors (Lipinski definition) is 5. The lowest BCUT2D eigenvalue weighted by Gasteiger charge is -2.36. The molecule has 0 spiro atoms. The molecule has 2 aliphatic heterocycles. The van der Waals surface area contributed by atoms with Crippen molar-refractivity contribution in [2.24, 2.45) is 5.92 Å². The molecule has 0 aliphatic carbocycles. The fourth-order valence-electron chi connectivity index (χ4n) is 4.08. The van der Waals surface area contributed by atoms with Crippen molar-refractivity contribution in [2.75, 3.05) is 13.7 Å². The number of pyridine rings is 1. The highest BCUT2D eigenvalue weighted by molar-refractivity contribution is 6.01. The minimum absolute atomic E-state index is 0.0754. The molecule has 1 fully saturated rings. The zero-order valence-corrected chi connectivity index (χ0v) is 16.5. The molecule has 4 rings (SSSR count). The Morgan fingerprint density at radius 1 is 1.26 bits per heavy atom. The Morgan fingerprint density at radius 3 is 2.65 bits per heavy atom. The van der Waals surface area contributed by atoms with E-state index in [0.717, 1.165) is 6.42 Å². The van der Waals surface area contributed by atoms with Crippen LogP contribution in [0.2, 0.25) is 0 Å². The standard InChI is InChI=1S/C21H19F3N2O5/c1-30-20-17-18(27)11-3-2-4-31-16(11)9-26(17)8-13(19(20)28)21(29)25-7-12-14(23)5-10(22)6-15(12)24/h5-6,8,11,16H,2-4,7,9H2,1H3,(H,25,29). The van der Waals surface area contributed by atoms with Crippen molar-refractivity contribution >= 4 is 11.7 Å². The van der Waals surface area contributed by atoms with E-state index in [9.17, 15) is 27.6 Å². The number of fused-ring (bicyclic) bond motifs is 2. The van der Waals surface area contributed by atoms with Crippen molar-refractivity contribution in [3.05, 3.63) is 62.8 Å². The zero-order chi connectivity index (χ0) is 22.3. The molecule has 2 aliphatic rings. The normalized spacial score (nSPS) is 20.1. The number of aromatic nitrogens is 1. The van der Waals surface area contributed by atoms with Gasteiger partial charge in [-0.25, -0.2) is 13.2 Å². The molecule has 7 nitrogen and oxygen atoms in total. The molecular weight excluding hydrogens is 417 g/mol. The molecular formula is C21H19F3N2O5. The molecule has 1 aromatic carbocycles. The van der Waals surface area contributed by atoms with Crippen LogP contribution in [0, 0.1) is 23.4 Å². The maximum absolute atomic E-state index is 13.8. The van der Waals surface area contributed by atoms with E-state index in [1.54, 1.807) is 0 Å². The summed E-state index contributed by atoms with van der Waals surface area (Å²) in [6.07, 6.45) is 2.21. The first kappa shape index (κ1) is 21.1. The van der Waals surface area contributed by atoms with E-state index in [2.05, 4.69) is 5.32 Å². The zero-order valence-electron chi connectivity index (χ0n) is 16.5. The Hall–Kier alpha value is -3.14. The van der Waals surface area contributed by atoms with Crippen molar-refractivity contribution in [1.82, 2.24) is 9.88 Å². The Labute approximate surface area is 174 Å². The highest BCUT2D eigenvalue weighted by atomic mass is 19.1. The number of methoxy groups -OCH3 is 1. The number of ether oxygens (including phenoxy) is 2. The third-order valence-corrected chi connectivity index (χ3v) is 5.61. The van der Waals surface area contributed by atoms with Crippen LogP contribution in [0.5, 0.6) is 5.75 Å². The van der Waals surface area contributed by atoms with Gasteiger partial charge in [0.05, 0.1) is 19.1 Å². The monoisotopic (exact) mass is 436 g/mol.